The highest BCUT2D eigenvalue weighted by molar-refractivity contribution is 14.1. The summed E-state index contributed by atoms with van der Waals surface area (Å²) in [4.78, 5) is 4.77. The van der Waals surface area contributed by atoms with Crippen LogP contribution in [0.15, 0.2) is 18.2 Å². The maximum absolute atomic E-state index is 6.37. The Bertz CT molecular complexity index is 623. The van der Waals surface area contributed by atoms with Gasteiger partial charge >= 0.3 is 0 Å². The normalized spacial score (nSPS) is 14.9. The molecule has 1 aliphatic carbocycles. The second-order valence-corrected chi connectivity index (χ2v) is 6.73. The van der Waals surface area contributed by atoms with Gasteiger partial charge in [0.2, 0.25) is 0 Å². The Hall–Kier alpha value is -0.550. The monoisotopic (exact) mass is 386 g/mol. The molecule has 1 saturated carbocycles. The largest absolute Gasteiger partial charge is 0.384 e. The Balaban J connectivity index is 2.17. The van der Waals surface area contributed by atoms with E-state index in [1.165, 1.54) is 24.2 Å². The maximum Gasteiger partial charge on any atom is 0.0913 e. The lowest BCUT2D eigenvalue weighted by molar-refractivity contribution is 0.976. The predicted octanol–water partition coefficient (Wildman–Crippen LogP) is 5.19. The van der Waals surface area contributed by atoms with E-state index in [-0.39, 0.29) is 0 Å². The number of hydrogen-bond donors (Lipinski definition) is 1. The molecule has 4 heteroatoms. The summed E-state index contributed by atoms with van der Waals surface area (Å²) in [6.45, 7) is 3.15. The minimum Gasteiger partial charge on any atom is -0.384 e. The van der Waals surface area contributed by atoms with Gasteiger partial charge in [-0.15, -0.1) is 0 Å². The first kappa shape index (κ1) is 13.4. The summed E-state index contributed by atoms with van der Waals surface area (Å²) < 4.78 is 1.15. The van der Waals surface area contributed by atoms with Gasteiger partial charge in [0.15, 0.2) is 0 Å². The lowest BCUT2D eigenvalue weighted by Gasteiger charge is -2.12. The Labute approximate surface area is 132 Å². The zero-order valence-electron chi connectivity index (χ0n) is 10.8. The molecule has 0 bridgehead atoms. The van der Waals surface area contributed by atoms with E-state index in [1.807, 2.05) is 6.07 Å². The number of rotatable bonds is 4. The predicted molar refractivity (Wildman–Crippen MR) is 90.2 cm³/mol. The molecule has 0 saturated heterocycles. The summed E-state index contributed by atoms with van der Waals surface area (Å²) >= 11 is 8.67. The van der Waals surface area contributed by atoms with E-state index >= 15 is 0 Å². The summed E-state index contributed by atoms with van der Waals surface area (Å²) in [5.41, 5.74) is 3.30. The summed E-state index contributed by atoms with van der Waals surface area (Å²) in [5, 5.41) is 5.40. The number of anilines is 1. The van der Waals surface area contributed by atoms with Crippen LogP contribution in [0.2, 0.25) is 5.02 Å². The van der Waals surface area contributed by atoms with Crippen molar-refractivity contribution in [1.82, 2.24) is 4.98 Å². The minimum absolute atomic E-state index is 0.641. The zero-order chi connectivity index (χ0) is 13.4. The molecule has 2 nitrogen and oxygen atoms in total. The number of pyridine rings is 1. The van der Waals surface area contributed by atoms with E-state index in [4.69, 9.17) is 16.6 Å². The fourth-order valence-corrected chi connectivity index (χ4v) is 3.33. The molecule has 100 valence electrons. The molecule has 0 aliphatic heterocycles. The molecule has 1 N–H and O–H groups in total. The van der Waals surface area contributed by atoms with Crippen LogP contribution in [0.4, 0.5) is 5.69 Å². The molecule has 1 aliphatic rings. The first-order chi connectivity index (χ1) is 9.19. The van der Waals surface area contributed by atoms with Crippen molar-refractivity contribution in [1.29, 1.82) is 0 Å². The van der Waals surface area contributed by atoms with Crippen molar-refractivity contribution >= 4 is 50.8 Å². The fraction of sp³-hybridized carbons (Fsp3) is 0.400. The number of halogens is 2. The third kappa shape index (κ3) is 2.82. The topological polar surface area (TPSA) is 24.9 Å². The van der Waals surface area contributed by atoms with Gasteiger partial charge in [-0.3, -0.25) is 4.98 Å². The van der Waals surface area contributed by atoms with Gasteiger partial charge in [0.05, 0.1) is 10.5 Å². The summed E-state index contributed by atoms with van der Waals surface area (Å²) in [5.74, 6) is 0.641. The van der Waals surface area contributed by atoms with E-state index in [0.29, 0.717) is 5.92 Å². The smallest absolute Gasteiger partial charge is 0.0913 e. The molecule has 0 amide bonds. The zero-order valence-corrected chi connectivity index (χ0v) is 13.8. The third-order valence-electron chi connectivity index (χ3n) is 3.41. The van der Waals surface area contributed by atoms with Crippen molar-refractivity contribution in [3.63, 3.8) is 0 Å². The first-order valence-electron chi connectivity index (χ1n) is 6.72. The standard InChI is InChI=1S/C15H16ClIN2/c1-2-5-18-14-8-13(9-3-4-9)19-15-11(14)6-10(17)7-12(15)16/h6-9H,2-5H2,1H3,(H,18,19). The van der Waals surface area contributed by atoms with Crippen molar-refractivity contribution in [3.8, 4) is 0 Å². The van der Waals surface area contributed by atoms with Crippen molar-refractivity contribution in [2.75, 3.05) is 11.9 Å². The van der Waals surface area contributed by atoms with Crippen LogP contribution in [-0.4, -0.2) is 11.5 Å². The van der Waals surface area contributed by atoms with Gasteiger partial charge in [-0.2, -0.15) is 0 Å². The van der Waals surface area contributed by atoms with Crippen LogP contribution in [0.5, 0.6) is 0 Å². The molecule has 1 aromatic carbocycles. The molecule has 1 fully saturated rings. The molecule has 0 radical (unpaired) electrons. The van der Waals surface area contributed by atoms with Crippen molar-refractivity contribution in [2.24, 2.45) is 0 Å². The van der Waals surface area contributed by atoms with Gasteiger partial charge in [-0.1, -0.05) is 18.5 Å². The number of nitrogens with one attached hydrogen (secondary N) is 1. The molecular weight excluding hydrogens is 371 g/mol. The third-order valence-corrected chi connectivity index (χ3v) is 4.32. The van der Waals surface area contributed by atoms with E-state index in [2.05, 4.69) is 47.0 Å². The van der Waals surface area contributed by atoms with E-state index in [9.17, 15) is 0 Å². The van der Waals surface area contributed by atoms with Gasteiger partial charge in [0, 0.05) is 32.8 Å². The Kier molecular flexibility index (Phi) is 3.85. The number of aromatic nitrogens is 1. The van der Waals surface area contributed by atoms with Crippen molar-refractivity contribution < 1.29 is 0 Å². The highest BCUT2D eigenvalue weighted by Crippen LogP contribution is 2.42. The molecule has 2 aromatic rings. The molecule has 1 aromatic heterocycles. The highest BCUT2D eigenvalue weighted by Gasteiger charge is 2.26. The summed E-state index contributed by atoms with van der Waals surface area (Å²) in [6, 6.07) is 6.35. The highest BCUT2D eigenvalue weighted by atomic mass is 127. The Morgan fingerprint density at radius 3 is 2.84 bits per heavy atom. The Morgan fingerprint density at radius 1 is 1.37 bits per heavy atom. The van der Waals surface area contributed by atoms with Gasteiger partial charge in [0.1, 0.15) is 0 Å². The van der Waals surface area contributed by atoms with Crippen molar-refractivity contribution in [3.05, 3.63) is 32.5 Å². The molecule has 0 atom stereocenters. The number of fused-ring (bicyclic) bond motifs is 1. The average Bonchev–Trinajstić information content (AvgIpc) is 3.20. The Morgan fingerprint density at radius 2 is 2.16 bits per heavy atom. The SMILES string of the molecule is CCCNc1cc(C2CC2)nc2c(Cl)cc(I)cc12. The molecule has 19 heavy (non-hydrogen) atoms. The molecular formula is C15H16ClIN2. The van der Waals surface area contributed by atoms with Crippen LogP contribution >= 0.6 is 34.2 Å². The van der Waals surface area contributed by atoms with E-state index < -0.39 is 0 Å². The van der Waals surface area contributed by atoms with Crippen LogP contribution in [-0.2, 0) is 0 Å². The van der Waals surface area contributed by atoms with Gasteiger partial charge in [-0.25, -0.2) is 0 Å². The molecule has 3 rings (SSSR count). The minimum atomic E-state index is 0.641. The quantitative estimate of drug-likeness (QED) is 0.731. The van der Waals surface area contributed by atoms with E-state index in [1.54, 1.807) is 0 Å². The number of nitrogens with zero attached hydrogens (tertiary/aromatic N) is 1. The van der Waals surface area contributed by atoms with Crippen LogP contribution in [0.25, 0.3) is 10.9 Å². The van der Waals surface area contributed by atoms with Gasteiger partial charge in [-0.05, 0) is 60.1 Å². The average molecular weight is 387 g/mol. The lowest BCUT2D eigenvalue weighted by atomic mass is 10.1. The van der Waals surface area contributed by atoms with Crippen LogP contribution in [0, 0.1) is 3.57 Å². The summed E-state index contributed by atoms with van der Waals surface area (Å²) in [6.07, 6.45) is 3.63. The first-order valence-corrected chi connectivity index (χ1v) is 8.18. The lowest BCUT2D eigenvalue weighted by Crippen LogP contribution is -2.03. The second-order valence-electron chi connectivity index (χ2n) is 5.08. The molecule has 0 unspecified atom stereocenters. The van der Waals surface area contributed by atoms with Crippen LogP contribution < -0.4 is 5.32 Å². The summed E-state index contributed by atoms with van der Waals surface area (Å²) in [7, 11) is 0. The van der Waals surface area contributed by atoms with Gasteiger partial charge < -0.3 is 5.32 Å². The second kappa shape index (κ2) is 5.44. The van der Waals surface area contributed by atoms with Gasteiger partial charge in [0.25, 0.3) is 0 Å². The molecule has 0 spiro atoms. The van der Waals surface area contributed by atoms with Crippen molar-refractivity contribution in [2.45, 2.75) is 32.1 Å². The maximum atomic E-state index is 6.37. The van der Waals surface area contributed by atoms with Crippen LogP contribution in [0.3, 0.4) is 0 Å². The fourth-order valence-electron chi connectivity index (χ4n) is 2.27. The molecule has 1 heterocycles. The number of hydrogen-bond acceptors (Lipinski definition) is 2. The van der Waals surface area contributed by atoms with E-state index in [0.717, 1.165) is 32.5 Å². The van der Waals surface area contributed by atoms with Crippen LogP contribution in [0.1, 0.15) is 37.8 Å². The number of benzene rings is 1.